The van der Waals surface area contributed by atoms with Gasteiger partial charge in [-0.05, 0) is 47.0 Å². The molecule has 1 aromatic rings. The molecule has 0 aliphatic carbocycles. The molecule has 0 aromatic heterocycles. The molecule has 0 saturated carbocycles. The molecule has 3 nitrogen and oxygen atoms in total. The van der Waals surface area contributed by atoms with Crippen LogP contribution in [-0.2, 0) is 4.79 Å². The zero-order valence-electron chi connectivity index (χ0n) is 9.46. The van der Waals surface area contributed by atoms with Crippen LogP contribution in [0.4, 0.5) is 5.69 Å². The molecule has 16 heavy (non-hydrogen) atoms. The van der Waals surface area contributed by atoms with Crippen molar-refractivity contribution in [1.82, 2.24) is 4.90 Å². The molecule has 1 aliphatic rings. The molecule has 1 fully saturated rings. The second-order valence-electron chi connectivity index (χ2n) is 4.23. The van der Waals surface area contributed by atoms with Crippen molar-refractivity contribution >= 4 is 27.5 Å². The summed E-state index contributed by atoms with van der Waals surface area (Å²) >= 11 is 3.50. The van der Waals surface area contributed by atoms with Gasteiger partial charge in [-0.15, -0.1) is 0 Å². The topological polar surface area (TPSA) is 32.3 Å². The van der Waals surface area contributed by atoms with E-state index in [1.54, 1.807) is 4.90 Å². The number of hydrogen-bond donors (Lipinski definition) is 1. The number of anilines is 1. The van der Waals surface area contributed by atoms with E-state index in [1.807, 2.05) is 32.2 Å². The van der Waals surface area contributed by atoms with Gasteiger partial charge in [0.1, 0.15) is 6.04 Å². The molecular formula is C12H15BrN2O. The maximum atomic E-state index is 11.7. The van der Waals surface area contributed by atoms with E-state index in [0.717, 1.165) is 23.1 Å². The lowest BCUT2D eigenvalue weighted by atomic mass is 10.2. The van der Waals surface area contributed by atoms with Crippen molar-refractivity contribution in [3.63, 3.8) is 0 Å². The van der Waals surface area contributed by atoms with Crippen LogP contribution in [0.2, 0.25) is 0 Å². The fourth-order valence-electron chi connectivity index (χ4n) is 1.88. The van der Waals surface area contributed by atoms with E-state index < -0.39 is 0 Å². The summed E-state index contributed by atoms with van der Waals surface area (Å²) in [5.41, 5.74) is 2.19. The minimum absolute atomic E-state index is 0.0796. The molecule has 1 aromatic carbocycles. The van der Waals surface area contributed by atoms with Gasteiger partial charge >= 0.3 is 0 Å². The Morgan fingerprint density at radius 3 is 2.81 bits per heavy atom. The monoisotopic (exact) mass is 282 g/mol. The van der Waals surface area contributed by atoms with Gasteiger partial charge in [-0.1, -0.05) is 6.07 Å². The van der Waals surface area contributed by atoms with Gasteiger partial charge in [0, 0.05) is 23.8 Å². The van der Waals surface area contributed by atoms with Crippen molar-refractivity contribution in [2.24, 2.45) is 0 Å². The summed E-state index contributed by atoms with van der Waals surface area (Å²) in [4.78, 5) is 13.5. The van der Waals surface area contributed by atoms with Gasteiger partial charge in [0.2, 0.25) is 5.91 Å². The van der Waals surface area contributed by atoms with Gasteiger partial charge in [-0.25, -0.2) is 0 Å². The number of carbonyl (C=O) groups excluding carboxylic acids is 1. The largest absolute Gasteiger partial charge is 0.373 e. The lowest BCUT2D eigenvalue weighted by Crippen LogP contribution is -2.31. The van der Waals surface area contributed by atoms with E-state index >= 15 is 0 Å². The van der Waals surface area contributed by atoms with Crippen LogP contribution in [-0.4, -0.2) is 30.4 Å². The lowest BCUT2D eigenvalue weighted by molar-refractivity contribution is -0.127. The number of nitrogens with zero attached hydrogens (tertiary/aromatic N) is 1. The highest BCUT2D eigenvalue weighted by molar-refractivity contribution is 9.10. The molecule has 0 bridgehead atoms. The van der Waals surface area contributed by atoms with Crippen LogP contribution in [0, 0.1) is 6.92 Å². The third-order valence-corrected chi connectivity index (χ3v) is 3.54. The molecule has 1 amide bonds. The van der Waals surface area contributed by atoms with E-state index in [2.05, 4.69) is 21.2 Å². The minimum atomic E-state index is -0.0796. The maximum Gasteiger partial charge on any atom is 0.244 e. The predicted octanol–water partition coefficient (Wildman–Crippen LogP) is 2.40. The van der Waals surface area contributed by atoms with Crippen LogP contribution < -0.4 is 5.32 Å². The first-order valence-corrected chi connectivity index (χ1v) is 6.15. The van der Waals surface area contributed by atoms with Crippen LogP contribution in [0.5, 0.6) is 0 Å². The van der Waals surface area contributed by atoms with Gasteiger partial charge < -0.3 is 10.2 Å². The maximum absolute atomic E-state index is 11.7. The first-order valence-electron chi connectivity index (χ1n) is 5.35. The second-order valence-corrected chi connectivity index (χ2v) is 5.08. The summed E-state index contributed by atoms with van der Waals surface area (Å²) < 4.78 is 1.01. The zero-order chi connectivity index (χ0) is 11.7. The normalized spacial score (nSPS) is 20.3. The average Bonchev–Trinajstić information content (AvgIpc) is 2.54. The third-order valence-electron chi connectivity index (χ3n) is 2.88. The fourth-order valence-corrected chi connectivity index (χ4v) is 2.49. The highest BCUT2D eigenvalue weighted by atomic mass is 79.9. The molecule has 0 radical (unpaired) electrons. The first kappa shape index (κ1) is 11.5. The molecular weight excluding hydrogens is 268 g/mol. The summed E-state index contributed by atoms with van der Waals surface area (Å²) in [7, 11) is 1.84. The van der Waals surface area contributed by atoms with Crippen molar-refractivity contribution in [3.8, 4) is 0 Å². The molecule has 0 spiro atoms. The summed E-state index contributed by atoms with van der Waals surface area (Å²) in [5.74, 6) is 0.174. The van der Waals surface area contributed by atoms with Crippen molar-refractivity contribution in [2.75, 3.05) is 18.9 Å². The zero-order valence-corrected chi connectivity index (χ0v) is 11.0. The summed E-state index contributed by atoms with van der Waals surface area (Å²) in [6.07, 6.45) is 0.871. The number of amides is 1. The first-order chi connectivity index (χ1) is 7.58. The molecule has 1 heterocycles. The van der Waals surface area contributed by atoms with Crippen LogP contribution in [0.3, 0.4) is 0 Å². The van der Waals surface area contributed by atoms with Gasteiger partial charge in [0.25, 0.3) is 0 Å². The lowest BCUT2D eigenvalue weighted by Gasteiger charge is -2.15. The summed E-state index contributed by atoms with van der Waals surface area (Å²) in [5, 5.41) is 3.28. The molecule has 86 valence electrons. The Kier molecular flexibility index (Phi) is 3.19. The highest BCUT2D eigenvalue weighted by Gasteiger charge is 2.28. The van der Waals surface area contributed by atoms with Crippen LogP contribution in [0.15, 0.2) is 22.7 Å². The minimum Gasteiger partial charge on any atom is -0.373 e. The summed E-state index contributed by atoms with van der Waals surface area (Å²) in [6.45, 7) is 2.88. The Morgan fingerprint density at radius 1 is 1.50 bits per heavy atom. The molecule has 4 heteroatoms. The molecule has 1 N–H and O–H groups in total. The quantitative estimate of drug-likeness (QED) is 0.904. The standard InChI is InChI=1S/C12H15BrN2O/c1-8-3-4-10(9(13)7-8)14-11-5-6-15(2)12(11)16/h3-4,7,11,14H,5-6H2,1-2H3. The van der Waals surface area contributed by atoms with Gasteiger partial charge in [-0.3, -0.25) is 4.79 Å². The van der Waals surface area contributed by atoms with Crippen molar-refractivity contribution in [3.05, 3.63) is 28.2 Å². The summed E-state index contributed by atoms with van der Waals surface area (Å²) in [6, 6.07) is 6.01. The van der Waals surface area contributed by atoms with E-state index in [0.29, 0.717) is 0 Å². The predicted molar refractivity (Wildman–Crippen MR) is 68.5 cm³/mol. The molecule has 1 unspecified atom stereocenters. The Balaban J connectivity index is 2.12. The Labute approximate surface area is 104 Å². The fraction of sp³-hybridized carbons (Fsp3) is 0.417. The molecule has 1 aliphatic heterocycles. The van der Waals surface area contributed by atoms with E-state index in [4.69, 9.17) is 0 Å². The average molecular weight is 283 g/mol. The number of likely N-dealkylation sites (N-methyl/N-ethyl adjacent to an activating group) is 1. The van der Waals surface area contributed by atoms with Gasteiger partial charge in [-0.2, -0.15) is 0 Å². The Bertz CT molecular complexity index is 419. The SMILES string of the molecule is Cc1ccc(NC2CCN(C)C2=O)c(Br)c1. The van der Waals surface area contributed by atoms with Crippen molar-refractivity contribution in [1.29, 1.82) is 0 Å². The number of halogens is 1. The Morgan fingerprint density at radius 2 is 2.25 bits per heavy atom. The number of nitrogens with one attached hydrogen (secondary N) is 1. The molecule has 2 rings (SSSR count). The third kappa shape index (κ3) is 2.21. The number of carbonyl (C=O) groups is 1. The molecule has 1 saturated heterocycles. The van der Waals surface area contributed by atoms with Gasteiger partial charge in [0.15, 0.2) is 0 Å². The Hall–Kier alpha value is -1.03. The van der Waals surface area contributed by atoms with Crippen molar-refractivity contribution in [2.45, 2.75) is 19.4 Å². The smallest absolute Gasteiger partial charge is 0.244 e. The van der Waals surface area contributed by atoms with Crippen molar-refractivity contribution < 1.29 is 4.79 Å². The van der Waals surface area contributed by atoms with Gasteiger partial charge in [0.05, 0.1) is 0 Å². The van der Waals surface area contributed by atoms with Crippen LogP contribution in [0.1, 0.15) is 12.0 Å². The second kappa shape index (κ2) is 4.45. The number of rotatable bonds is 2. The number of aryl methyl sites for hydroxylation is 1. The van der Waals surface area contributed by atoms with Crippen LogP contribution >= 0.6 is 15.9 Å². The van der Waals surface area contributed by atoms with E-state index in [1.165, 1.54) is 5.56 Å². The number of hydrogen-bond acceptors (Lipinski definition) is 2. The van der Waals surface area contributed by atoms with Crippen LogP contribution in [0.25, 0.3) is 0 Å². The van der Waals surface area contributed by atoms with E-state index in [-0.39, 0.29) is 11.9 Å². The number of likely N-dealkylation sites (tertiary alicyclic amines) is 1. The highest BCUT2D eigenvalue weighted by Crippen LogP contribution is 2.25. The number of benzene rings is 1. The molecule has 1 atom stereocenters. The van der Waals surface area contributed by atoms with E-state index in [9.17, 15) is 4.79 Å².